The minimum Gasteiger partial charge on any atom is -0.406 e. The van der Waals surface area contributed by atoms with Gasteiger partial charge >= 0.3 is 12.4 Å². The number of carbonyl (C=O) groups is 1. The SMILES string of the molecule is CC1CCN(c2cc(NC(=O)Nc3ccc(OC(F)(F)F)cc3)ncn2)CC1. The third kappa shape index (κ3) is 5.73. The summed E-state index contributed by atoms with van der Waals surface area (Å²) in [5.41, 5.74) is 0.311. The monoisotopic (exact) mass is 395 g/mol. The summed E-state index contributed by atoms with van der Waals surface area (Å²) in [6.45, 7) is 4.02. The molecule has 1 aromatic heterocycles. The molecule has 1 aliphatic heterocycles. The van der Waals surface area contributed by atoms with Crippen molar-refractivity contribution in [3.8, 4) is 5.75 Å². The summed E-state index contributed by atoms with van der Waals surface area (Å²) in [5.74, 6) is 1.40. The predicted molar refractivity (Wildman–Crippen MR) is 98.4 cm³/mol. The van der Waals surface area contributed by atoms with E-state index in [9.17, 15) is 18.0 Å². The summed E-state index contributed by atoms with van der Waals surface area (Å²) in [4.78, 5) is 22.5. The summed E-state index contributed by atoms with van der Waals surface area (Å²) in [6, 6.07) is 5.96. The number of ether oxygens (including phenoxy) is 1. The third-order valence-electron chi connectivity index (χ3n) is 4.35. The number of carbonyl (C=O) groups excluding carboxylic acids is 1. The van der Waals surface area contributed by atoms with Crippen molar-refractivity contribution in [1.29, 1.82) is 0 Å². The molecule has 7 nitrogen and oxygen atoms in total. The van der Waals surface area contributed by atoms with Crippen molar-refractivity contribution in [2.24, 2.45) is 5.92 Å². The zero-order chi connectivity index (χ0) is 20.1. The molecule has 0 bridgehead atoms. The van der Waals surface area contributed by atoms with Crippen molar-refractivity contribution >= 4 is 23.4 Å². The first-order valence-electron chi connectivity index (χ1n) is 8.79. The summed E-state index contributed by atoms with van der Waals surface area (Å²) in [7, 11) is 0. The summed E-state index contributed by atoms with van der Waals surface area (Å²) >= 11 is 0. The van der Waals surface area contributed by atoms with Gasteiger partial charge in [-0.25, -0.2) is 14.8 Å². The van der Waals surface area contributed by atoms with E-state index in [0.717, 1.165) is 43.9 Å². The van der Waals surface area contributed by atoms with E-state index in [4.69, 9.17) is 0 Å². The van der Waals surface area contributed by atoms with E-state index in [0.29, 0.717) is 17.4 Å². The Hall–Kier alpha value is -3.04. The Balaban J connectivity index is 1.57. The highest BCUT2D eigenvalue weighted by atomic mass is 19.4. The molecule has 0 aliphatic carbocycles. The second kappa shape index (κ2) is 8.32. The highest BCUT2D eigenvalue weighted by molar-refractivity contribution is 5.99. The number of nitrogens with zero attached hydrogens (tertiary/aromatic N) is 3. The molecule has 10 heteroatoms. The van der Waals surface area contributed by atoms with E-state index in [1.807, 2.05) is 0 Å². The van der Waals surface area contributed by atoms with E-state index in [2.05, 4.69) is 37.2 Å². The number of nitrogens with one attached hydrogen (secondary N) is 2. The smallest absolute Gasteiger partial charge is 0.406 e. The maximum absolute atomic E-state index is 12.2. The zero-order valence-corrected chi connectivity index (χ0v) is 15.2. The lowest BCUT2D eigenvalue weighted by molar-refractivity contribution is -0.274. The Morgan fingerprint density at radius 1 is 1.14 bits per heavy atom. The number of halogens is 3. The quantitative estimate of drug-likeness (QED) is 0.809. The van der Waals surface area contributed by atoms with Crippen molar-refractivity contribution in [1.82, 2.24) is 9.97 Å². The van der Waals surface area contributed by atoms with Crippen LogP contribution in [0.5, 0.6) is 5.75 Å². The van der Waals surface area contributed by atoms with Crippen molar-refractivity contribution in [2.45, 2.75) is 26.1 Å². The van der Waals surface area contributed by atoms with Crippen molar-refractivity contribution in [3.63, 3.8) is 0 Å². The minimum absolute atomic E-state index is 0.311. The second-order valence-electron chi connectivity index (χ2n) is 6.58. The molecule has 0 radical (unpaired) electrons. The third-order valence-corrected chi connectivity index (χ3v) is 4.35. The number of hydrogen-bond donors (Lipinski definition) is 2. The molecule has 28 heavy (non-hydrogen) atoms. The maximum atomic E-state index is 12.2. The van der Waals surface area contributed by atoms with Crippen LogP contribution in [0, 0.1) is 5.92 Å². The normalized spacial score (nSPS) is 15.2. The van der Waals surface area contributed by atoms with Crippen LogP contribution in [-0.2, 0) is 0 Å². The van der Waals surface area contributed by atoms with Crippen molar-refractivity contribution < 1.29 is 22.7 Å². The zero-order valence-electron chi connectivity index (χ0n) is 15.2. The van der Waals surface area contributed by atoms with Gasteiger partial charge in [0.1, 0.15) is 23.7 Å². The number of benzene rings is 1. The largest absolute Gasteiger partial charge is 0.573 e. The lowest BCUT2D eigenvalue weighted by Gasteiger charge is -2.31. The van der Waals surface area contributed by atoms with Gasteiger partial charge in [0.05, 0.1) is 0 Å². The molecule has 150 valence electrons. The van der Waals surface area contributed by atoms with Gasteiger partial charge in [0.15, 0.2) is 0 Å². The number of piperidine rings is 1. The molecule has 1 saturated heterocycles. The number of hydrogen-bond acceptors (Lipinski definition) is 5. The van der Waals surface area contributed by atoms with E-state index in [-0.39, 0.29) is 5.75 Å². The predicted octanol–water partition coefficient (Wildman–Crippen LogP) is 4.26. The number of rotatable bonds is 4. The molecule has 2 aromatic rings. The molecule has 0 unspecified atom stereocenters. The molecule has 2 N–H and O–H groups in total. The summed E-state index contributed by atoms with van der Waals surface area (Å²) in [5, 5.41) is 5.12. The molecular formula is C18H20F3N5O2. The fourth-order valence-electron chi connectivity index (χ4n) is 2.84. The Morgan fingerprint density at radius 3 is 2.46 bits per heavy atom. The molecule has 2 amide bonds. The Morgan fingerprint density at radius 2 is 1.82 bits per heavy atom. The van der Waals surface area contributed by atoms with E-state index < -0.39 is 12.4 Å². The average molecular weight is 395 g/mol. The van der Waals surface area contributed by atoms with Gasteiger partial charge in [-0.05, 0) is 43.0 Å². The Bertz CT molecular complexity index is 806. The lowest BCUT2D eigenvalue weighted by atomic mass is 9.99. The van der Waals surface area contributed by atoms with Gasteiger partial charge in [-0.2, -0.15) is 0 Å². The van der Waals surface area contributed by atoms with Gasteiger partial charge in [-0.3, -0.25) is 5.32 Å². The first kappa shape index (κ1) is 19.7. The number of urea groups is 1. The highest BCUT2D eigenvalue weighted by Crippen LogP contribution is 2.24. The number of alkyl halides is 3. The van der Waals surface area contributed by atoms with E-state index in [1.165, 1.54) is 18.5 Å². The summed E-state index contributed by atoms with van der Waals surface area (Å²) < 4.78 is 40.3. The van der Waals surface area contributed by atoms with Gasteiger partial charge in [0.25, 0.3) is 0 Å². The van der Waals surface area contributed by atoms with Crippen LogP contribution in [0.1, 0.15) is 19.8 Å². The molecule has 0 spiro atoms. The van der Waals surface area contributed by atoms with Gasteiger partial charge in [-0.1, -0.05) is 6.92 Å². The molecule has 0 atom stereocenters. The highest BCUT2D eigenvalue weighted by Gasteiger charge is 2.31. The fraction of sp³-hybridized carbons (Fsp3) is 0.389. The minimum atomic E-state index is -4.76. The van der Waals surface area contributed by atoms with Crippen LogP contribution < -0.4 is 20.3 Å². The lowest BCUT2D eigenvalue weighted by Crippen LogP contribution is -2.33. The molecule has 1 aliphatic rings. The fourth-order valence-corrected chi connectivity index (χ4v) is 2.84. The first-order chi connectivity index (χ1) is 13.3. The standard InChI is InChI=1S/C18H20F3N5O2/c1-12-6-8-26(9-7-12)16-10-15(22-11-23-16)25-17(27)24-13-2-4-14(5-3-13)28-18(19,20)21/h2-5,10-12H,6-9H2,1H3,(H2,22,23,24,25,27). The van der Waals surface area contributed by atoms with Gasteiger partial charge in [-0.15, -0.1) is 13.2 Å². The summed E-state index contributed by atoms with van der Waals surface area (Å²) in [6.07, 6.45) is -1.21. The Kier molecular flexibility index (Phi) is 5.86. The van der Waals surface area contributed by atoms with Crippen molar-refractivity contribution in [2.75, 3.05) is 28.6 Å². The van der Waals surface area contributed by atoms with Gasteiger partial charge < -0.3 is 15.0 Å². The second-order valence-corrected chi connectivity index (χ2v) is 6.58. The van der Waals surface area contributed by atoms with Gasteiger partial charge in [0.2, 0.25) is 0 Å². The molecule has 0 saturated carbocycles. The topological polar surface area (TPSA) is 79.4 Å². The maximum Gasteiger partial charge on any atom is 0.573 e. The number of anilines is 3. The van der Waals surface area contributed by atoms with Crippen LogP contribution in [0.25, 0.3) is 0 Å². The van der Waals surface area contributed by atoms with Crippen molar-refractivity contribution in [3.05, 3.63) is 36.7 Å². The van der Waals surface area contributed by atoms with Crippen LogP contribution in [0.3, 0.4) is 0 Å². The van der Waals surface area contributed by atoms with Crippen LogP contribution >= 0.6 is 0 Å². The molecule has 1 aromatic carbocycles. The van der Waals surface area contributed by atoms with Crippen LogP contribution in [-0.4, -0.2) is 35.5 Å². The number of aromatic nitrogens is 2. The molecule has 1 fully saturated rings. The van der Waals surface area contributed by atoms with Crippen LogP contribution in [0.15, 0.2) is 36.7 Å². The number of amides is 2. The average Bonchev–Trinajstić information content (AvgIpc) is 2.63. The van der Waals surface area contributed by atoms with Crippen LogP contribution in [0.4, 0.5) is 35.3 Å². The van der Waals surface area contributed by atoms with E-state index in [1.54, 1.807) is 6.07 Å². The first-order valence-corrected chi connectivity index (χ1v) is 8.79. The van der Waals surface area contributed by atoms with Crippen LogP contribution in [0.2, 0.25) is 0 Å². The van der Waals surface area contributed by atoms with E-state index >= 15 is 0 Å². The molecule has 2 heterocycles. The molecule has 3 rings (SSSR count). The molecular weight excluding hydrogens is 375 g/mol. The van der Waals surface area contributed by atoms with Gasteiger partial charge in [0, 0.05) is 24.8 Å². The Labute approximate surface area is 159 Å².